The molecule has 0 aromatic carbocycles. The highest BCUT2D eigenvalue weighted by Crippen LogP contribution is 2.41. The summed E-state index contributed by atoms with van der Waals surface area (Å²) in [6.45, 7) is 6.29. The van der Waals surface area contributed by atoms with Crippen LogP contribution in [0.3, 0.4) is 0 Å². The van der Waals surface area contributed by atoms with Gasteiger partial charge in [0.25, 0.3) is 0 Å². The Hall–Kier alpha value is -2.97. The van der Waals surface area contributed by atoms with Crippen molar-refractivity contribution < 1.29 is 9.30 Å². The molecule has 4 aromatic rings. The molecule has 30 heavy (non-hydrogen) atoms. The Morgan fingerprint density at radius 2 is 1.97 bits per heavy atom. The second kappa shape index (κ2) is 7.07. The van der Waals surface area contributed by atoms with E-state index in [1.54, 1.807) is 30.4 Å². The maximum absolute atomic E-state index is 13.2. The molecule has 1 saturated heterocycles. The highest BCUT2D eigenvalue weighted by molar-refractivity contribution is 7.70. The van der Waals surface area contributed by atoms with E-state index in [1.807, 2.05) is 29.9 Å². The van der Waals surface area contributed by atoms with Gasteiger partial charge in [-0.05, 0) is 25.5 Å². The van der Waals surface area contributed by atoms with E-state index < -0.39 is 7.14 Å². The second-order valence-electron chi connectivity index (χ2n) is 7.69. The number of ether oxygens (including phenoxy) is 1. The second-order valence-corrected chi connectivity index (χ2v) is 10.8. The van der Waals surface area contributed by atoms with Gasteiger partial charge in [-0.25, -0.2) is 4.98 Å². The van der Waals surface area contributed by atoms with Crippen LogP contribution >= 0.6 is 7.14 Å². The van der Waals surface area contributed by atoms with Crippen molar-refractivity contribution >= 4 is 29.4 Å². The van der Waals surface area contributed by atoms with Crippen LogP contribution < -0.4 is 10.3 Å². The molecule has 1 fully saturated rings. The lowest BCUT2D eigenvalue weighted by molar-refractivity contribution is 0.122. The van der Waals surface area contributed by atoms with Gasteiger partial charge in [0.15, 0.2) is 11.5 Å². The van der Waals surface area contributed by atoms with Crippen LogP contribution in [-0.4, -0.2) is 74.4 Å². The van der Waals surface area contributed by atoms with Crippen molar-refractivity contribution in [2.24, 2.45) is 7.05 Å². The summed E-state index contributed by atoms with van der Waals surface area (Å²) in [5.41, 5.74) is 3.00. The molecule has 10 nitrogen and oxygen atoms in total. The van der Waals surface area contributed by atoms with Crippen LogP contribution in [0.2, 0.25) is 0 Å². The minimum atomic E-state index is -2.71. The number of aromatic amines is 1. The van der Waals surface area contributed by atoms with Gasteiger partial charge in [-0.2, -0.15) is 20.0 Å². The number of hydrogen-bond acceptors (Lipinski definition) is 7. The van der Waals surface area contributed by atoms with E-state index in [0.717, 1.165) is 35.6 Å². The third kappa shape index (κ3) is 3.12. The van der Waals surface area contributed by atoms with Crippen LogP contribution in [-0.2, 0) is 16.3 Å². The molecular weight excluding hydrogens is 403 g/mol. The van der Waals surface area contributed by atoms with Crippen LogP contribution in [0.15, 0.2) is 30.6 Å². The van der Waals surface area contributed by atoms with E-state index in [2.05, 4.69) is 20.2 Å². The summed E-state index contributed by atoms with van der Waals surface area (Å²) in [5, 5.41) is 16.9. The summed E-state index contributed by atoms with van der Waals surface area (Å²) < 4.78 is 22.2. The Bertz CT molecular complexity index is 1250. The lowest BCUT2D eigenvalue weighted by Crippen LogP contribution is -2.36. The molecule has 1 N–H and O–H groups in total. The lowest BCUT2D eigenvalue weighted by atomic mass is 10.1. The molecule has 0 saturated carbocycles. The van der Waals surface area contributed by atoms with Gasteiger partial charge in [-0.15, -0.1) is 0 Å². The van der Waals surface area contributed by atoms with E-state index in [-0.39, 0.29) is 0 Å². The lowest BCUT2D eigenvalue weighted by Gasteiger charge is -2.28. The van der Waals surface area contributed by atoms with Crippen LogP contribution in [0.5, 0.6) is 0 Å². The zero-order valence-corrected chi connectivity index (χ0v) is 18.0. The molecule has 4 aromatic heterocycles. The molecule has 0 radical (unpaired) electrons. The van der Waals surface area contributed by atoms with Crippen LogP contribution in [0, 0.1) is 0 Å². The summed E-state index contributed by atoms with van der Waals surface area (Å²) in [6, 6.07) is 5.81. The zero-order chi connectivity index (χ0) is 20.9. The predicted octanol–water partition coefficient (Wildman–Crippen LogP) is 1.63. The zero-order valence-electron chi connectivity index (χ0n) is 17.1. The number of nitrogens with one attached hydrogen (secondary N) is 1. The van der Waals surface area contributed by atoms with Crippen molar-refractivity contribution in [3.05, 3.63) is 30.6 Å². The molecule has 0 amide bonds. The van der Waals surface area contributed by atoms with Gasteiger partial charge in [0.05, 0.1) is 30.5 Å². The molecule has 0 unspecified atom stereocenters. The molecule has 5 rings (SSSR count). The van der Waals surface area contributed by atoms with E-state index in [0.29, 0.717) is 30.1 Å². The first-order valence-corrected chi connectivity index (χ1v) is 12.3. The van der Waals surface area contributed by atoms with Crippen molar-refractivity contribution in [3.8, 4) is 17.1 Å². The molecule has 1 aliphatic rings. The fourth-order valence-corrected chi connectivity index (χ4v) is 4.85. The van der Waals surface area contributed by atoms with Gasteiger partial charge in [0, 0.05) is 38.0 Å². The van der Waals surface area contributed by atoms with E-state index in [4.69, 9.17) is 14.8 Å². The van der Waals surface area contributed by atoms with Gasteiger partial charge < -0.3 is 14.2 Å². The quantitative estimate of drug-likeness (QED) is 0.494. The van der Waals surface area contributed by atoms with E-state index in [1.165, 1.54) is 0 Å². The van der Waals surface area contributed by atoms with Crippen molar-refractivity contribution in [2.75, 3.05) is 44.5 Å². The maximum Gasteiger partial charge on any atom is 0.168 e. The van der Waals surface area contributed by atoms with Crippen molar-refractivity contribution in [3.63, 3.8) is 0 Å². The van der Waals surface area contributed by atoms with Crippen molar-refractivity contribution in [1.29, 1.82) is 0 Å². The fraction of sp³-hybridized carbons (Fsp3) is 0.368. The minimum absolute atomic E-state index is 0.546. The number of fused-ring (bicyclic) bond motifs is 1. The Morgan fingerprint density at radius 3 is 2.60 bits per heavy atom. The third-order valence-corrected chi connectivity index (χ3v) is 6.60. The third-order valence-electron chi connectivity index (χ3n) is 5.26. The molecule has 0 bridgehead atoms. The smallest absolute Gasteiger partial charge is 0.168 e. The number of morpholine rings is 1. The van der Waals surface area contributed by atoms with Crippen LogP contribution in [0.25, 0.3) is 28.1 Å². The Balaban J connectivity index is 1.87. The van der Waals surface area contributed by atoms with E-state index >= 15 is 0 Å². The number of nitrogens with zero attached hydrogens (tertiary/aromatic N) is 7. The summed E-state index contributed by atoms with van der Waals surface area (Å²) >= 11 is 0. The number of pyridine rings is 1. The van der Waals surface area contributed by atoms with Gasteiger partial charge in [-0.1, -0.05) is 0 Å². The summed E-state index contributed by atoms with van der Waals surface area (Å²) in [6.07, 6.45) is 3.42. The largest absolute Gasteiger partial charge is 0.378 e. The maximum atomic E-state index is 13.2. The number of anilines is 1. The Labute approximate surface area is 173 Å². The molecule has 0 spiro atoms. The average molecular weight is 426 g/mol. The highest BCUT2D eigenvalue weighted by Gasteiger charge is 2.28. The number of H-pyrrole nitrogens is 1. The van der Waals surface area contributed by atoms with Gasteiger partial charge in [-0.3, -0.25) is 9.78 Å². The van der Waals surface area contributed by atoms with Gasteiger partial charge in [0.1, 0.15) is 18.4 Å². The Kier molecular flexibility index (Phi) is 4.48. The number of aromatic nitrogens is 7. The molecule has 11 heteroatoms. The average Bonchev–Trinajstić information content (AvgIpc) is 3.46. The molecular formula is C19H23N8O2P. The van der Waals surface area contributed by atoms with Gasteiger partial charge in [0.2, 0.25) is 0 Å². The normalized spacial score (nSPS) is 15.2. The number of rotatable bonds is 4. The standard InChI is InChI=1S/C19H23N8O2P/c1-25-14(4-7-21-25)13-12-16(26-8-10-29-11-9-26)22-18-17(13)19(30(2,3)28)24-27(18)15-5-6-20-23-15/h4-7,12H,8-11H2,1-3H3,(H,20,23). The summed E-state index contributed by atoms with van der Waals surface area (Å²) in [4.78, 5) is 7.16. The summed E-state index contributed by atoms with van der Waals surface area (Å²) in [5.74, 6) is 1.50. The Morgan fingerprint density at radius 1 is 1.17 bits per heavy atom. The first-order chi connectivity index (χ1) is 14.4. The molecule has 0 aliphatic carbocycles. The monoisotopic (exact) mass is 426 g/mol. The first-order valence-electron chi connectivity index (χ1n) is 9.73. The van der Waals surface area contributed by atoms with Crippen molar-refractivity contribution in [2.45, 2.75) is 0 Å². The van der Waals surface area contributed by atoms with Crippen molar-refractivity contribution in [1.82, 2.24) is 34.7 Å². The highest BCUT2D eigenvalue weighted by atomic mass is 31.2. The number of hydrogen-bond donors (Lipinski definition) is 1. The topological polar surface area (TPSA) is 107 Å². The molecule has 156 valence electrons. The fourth-order valence-electron chi connectivity index (χ4n) is 3.79. The molecule has 0 atom stereocenters. The molecule has 1 aliphatic heterocycles. The van der Waals surface area contributed by atoms with Gasteiger partial charge >= 0.3 is 0 Å². The van der Waals surface area contributed by atoms with E-state index in [9.17, 15) is 4.57 Å². The van der Waals surface area contributed by atoms with Crippen LogP contribution in [0.4, 0.5) is 5.82 Å². The first kappa shape index (κ1) is 19.0. The minimum Gasteiger partial charge on any atom is -0.378 e. The SMILES string of the molecule is Cn1nccc1-c1cc(N2CCOCC2)nc2c1c(P(C)(C)=O)nn2-c1ccn[nH]1. The predicted molar refractivity (Wildman–Crippen MR) is 115 cm³/mol. The number of aryl methyl sites for hydroxylation is 1. The van der Waals surface area contributed by atoms with Crippen LogP contribution in [0.1, 0.15) is 0 Å². The summed E-state index contributed by atoms with van der Waals surface area (Å²) in [7, 11) is -0.810. The molecule has 5 heterocycles.